The first-order valence-electron chi connectivity index (χ1n) is 9.99. The Kier molecular flexibility index (Phi) is 4.43. The van der Waals surface area contributed by atoms with E-state index >= 15 is 0 Å². The number of amides is 1. The molecular weight excluding hydrogens is 376 g/mol. The van der Waals surface area contributed by atoms with Crippen molar-refractivity contribution in [2.75, 3.05) is 16.8 Å². The fraction of sp³-hybridized carbons (Fsp3) is 0.650. The highest BCUT2D eigenvalue weighted by molar-refractivity contribution is 8.21. The van der Waals surface area contributed by atoms with Gasteiger partial charge in [0.2, 0.25) is 5.91 Å². The van der Waals surface area contributed by atoms with E-state index < -0.39 is 0 Å². The van der Waals surface area contributed by atoms with E-state index in [0.29, 0.717) is 15.9 Å². The van der Waals surface area contributed by atoms with Crippen LogP contribution in [-0.4, -0.2) is 36.3 Å². The molecule has 2 saturated carbocycles. The third-order valence-electron chi connectivity index (χ3n) is 6.44. The zero-order valence-corrected chi connectivity index (χ0v) is 17.5. The molecule has 1 amide bonds. The summed E-state index contributed by atoms with van der Waals surface area (Å²) in [5, 5.41) is 8.52. The van der Waals surface area contributed by atoms with E-state index in [2.05, 4.69) is 52.8 Å². The largest absolute Gasteiger partial charge is 0.324 e. The number of aromatic nitrogens is 3. The number of thioether (sulfide) groups is 2. The zero-order chi connectivity index (χ0) is 18.6. The fourth-order valence-electron chi connectivity index (χ4n) is 5.25. The number of fused-ring (bicyclic) bond motifs is 1. The molecule has 2 aliphatic carbocycles. The Morgan fingerprint density at radius 3 is 2.59 bits per heavy atom. The molecule has 1 aliphatic heterocycles. The molecule has 0 aromatic carbocycles. The molecule has 2 aromatic heterocycles. The number of carbonyl (C=O) groups excluding carboxylic acids is 1. The highest BCUT2D eigenvalue weighted by atomic mass is 32.2. The molecule has 1 saturated heterocycles. The summed E-state index contributed by atoms with van der Waals surface area (Å²) < 4.78 is 2.35. The van der Waals surface area contributed by atoms with E-state index in [1.54, 1.807) is 6.20 Å². The molecule has 7 heteroatoms. The van der Waals surface area contributed by atoms with Crippen LogP contribution in [0.4, 0.5) is 5.69 Å². The summed E-state index contributed by atoms with van der Waals surface area (Å²) in [6.45, 7) is 4.18. The summed E-state index contributed by atoms with van der Waals surface area (Å²) in [6.07, 6.45) is 8.29. The number of carbonyl (C=O) groups is 1. The maximum Gasteiger partial charge on any atom is 0.227 e. The van der Waals surface area contributed by atoms with Gasteiger partial charge in [0, 0.05) is 28.9 Å². The summed E-state index contributed by atoms with van der Waals surface area (Å²) in [4.78, 5) is 17.5. The lowest BCUT2D eigenvalue weighted by Crippen LogP contribution is -2.41. The van der Waals surface area contributed by atoms with Crippen LogP contribution in [-0.2, 0) is 4.79 Å². The molecule has 2 unspecified atom stereocenters. The lowest BCUT2D eigenvalue weighted by Gasteiger charge is -2.42. The molecule has 5 rings (SSSR count). The first-order valence-corrected chi connectivity index (χ1v) is 12.0. The predicted octanol–water partition coefficient (Wildman–Crippen LogP) is 4.56. The molecule has 3 aliphatic rings. The van der Waals surface area contributed by atoms with Crippen LogP contribution in [0.3, 0.4) is 0 Å². The van der Waals surface area contributed by atoms with Crippen LogP contribution in [0.1, 0.15) is 45.6 Å². The van der Waals surface area contributed by atoms with Crippen molar-refractivity contribution in [2.24, 2.45) is 17.8 Å². The molecule has 27 heavy (non-hydrogen) atoms. The molecule has 1 spiro atoms. The second-order valence-electron chi connectivity index (χ2n) is 8.37. The smallest absolute Gasteiger partial charge is 0.227 e. The maximum atomic E-state index is 13.0. The topological polar surface area (TPSA) is 59.8 Å². The van der Waals surface area contributed by atoms with E-state index in [-0.39, 0.29) is 17.9 Å². The Hall–Kier alpha value is -1.21. The van der Waals surface area contributed by atoms with E-state index in [9.17, 15) is 4.79 Å². The normalized spacial score (nSPS) is 29.1. The van der Waals surface area contributed by atoms with Crippen molar-refractivity contribution in [1.82, 2.24) is 14.8 Å². The van der Waals surface area contributed by atoms with Gasteiger partial charge in [0.15, 0.2) is 5.65 Å². The number of anilines is 1. The van der Waals surface area contributed by atoms with Crippen LogP contribution in [0, 0.1) is 17.8 Å². The summed E-state index contributed by atoms with van der Waals surface area (Å²) in [7, 11) is 0. The van der Waals surface area contributed by atoms with Gasteiger partial charge in [-0.2, -0.15) is 5.10 Å². The number of nitrogens with zero attached hydrogens (tertiary/aromatic N) is 3. The van der Waals surface area contributed by atoms with E-state index in [1.165, 1.54) is 24.3 Å². The van der Waals surface area contributed by atoms with Crippen molar-refractivity contribution in [1.29, 1.82) is 0 Å². The third kappa shape index (κ3) is 2.89. The van der Waals surface area contributed by atoms with Gasteiger partial charge < -0.3 is 5.32 Å². The molecular formula is C20H26N4OS2. The standard InChI is InChI=1S/C20H26N4OS2/c1-12(2)24-18-14(10-22-24)9-17(11-21-18)23-19(25)13-7-15-3-4-16(8-13)20(15)26-5-6-27-20/h9-13,15-16H,3-8H2,1-2H3,(H,23,25). The number of hydrogen-bond donors (Lipinski definition) is 1. The number of nitrogens with one attached hydrogen (secondary N) is 1. The first-order chi connectivity index (χ1) is 13.1. The lowest BCUT2D eigenvalue weighted by atomic mass is 9.79. The van der Waals surface area contributed by atoms with Gasteiger partial charge in [-0.25, -0.2) is 9.67 Å². The summed E-state index contributed by atoms with van der Waals surface area (Å²) in [6, 6.07) is 2.26. The molecule has 1 N–H and O–H groups in total. The molecule has 2 aromatic rings. The summed E-state index contributed by atoms with van der Waals surface area (Å²) in [5.74, 6) is 4.29. The fourth-order valence-corrected chi connectivity index (χ4v) is 9.18. The van der Waals surface area contributed by atoms with Crippen molar-refractivity contribution >= 4 is 46.2 Å². The van der Waals surface area contributed by atoms with Gasteiger partial charge in [-0.3, -0.25) is 4.79 Å². The second kappa shape index (κ2) is 6.69. The second-order valence-corrected chi connectivity index (χ2v) is 11.4. The highest BCUT2D eigenvalue weighted by Crippen LogP contribution is 2.65. The van der Waals surface area contributed by atoms with Crippen LogP contribution in [0.2, 0.25) is 0 Å². The van der Waals surface area contributed by atoms with Crippen LogP contribution in [0.15, 0.2) is 18.5 Å². The van der Waals surface area contributed by atoms with Crippen molar-refractivity contribution in [3.05, 3.63) is 18.5 Å². The SMILES string of the molecule is CC(C)n1ncc2cc(NC(=O)C3CC4CCC(C3)C43SCCS3)cnc21. The van der Waals surface area contributed by atoms with Crippen molar-refractivity contribution < 1.29 is 4.79 Å². The Morgan fingerprint density at radius 2 is 1.93 bits per heavy atom. The van der Waals surface area contributed by atoms with Crippen LogP contribution < -0.4 is 5.32 Å². The Labute approximate surface area is 168 Å². The summed E-state index contributed by atoms with van der Waals surface area (Å²) >= 11 is 4.36. The molecule has 0 radical (unpaired) electrons. The van der Waals surface area contributed by atoms with Gasteiger partial charge in [0.1, 0.15) is 0 Å². The summed E-state index contributed by atoms with van der Waals surface area (Å²) in [5.41, 5.74) is 1.66. The maximum absolute atomic E-state index is 13.0. The van der Waals surface area contributed by atoms with Crippen LogP contribution in [0.25, 0.3) is 11.0 Å². The molecule has 3 fully saturated rings. The van der Waals surface area contributed by atoms with Gasteiger partial charge in [0.05, 0.1) is 22.2 Å². The zero-order valence-electron chi connectivity index (χ0n) is 15.9. The molecule has 3 heterocycles. The van der Waals surface area contributed by atoms with Crippen molar-refractivity contribution in [3.63, 3.8) is 0 Å². The van der Waals surface area contributed by atoms with E-state index in [1.807, 2.05) is 16.9 Å². The van der Waals surface area contributed by atoms with E-state index in [4.69, 9.17) is 0 Å². The molecule has 144 valence electrons. The molecule has 2 atom stereocenters. The monoisotopic (exact) mass is 402 g/mol. The van der Waals surface area contributed by atoms with Gasteiger partial charge in [-0.05, 0) is 57.4 Å². The van der Waals surface area contributed by atoms with Crippen molar-refractivity contribution in [3.8, 4) is 0 Å². The average molecular weight is 403 g/mol. The molecule has 2 bridgehead atoms. The number of hydrogen-bond acceptors (Lipinski definition) is 5. The van der Waals surface area contributed by atoms with Gasteiger partial charge in [-0.15, -0.1) is 23.5 Å². The Morgan fingerprint density at radius 1 is 1.22 bits per heavy atom. The lowest BCUT2D eigenvalue weighted by molar-refractivity contribution is -0.121. The Balaban J connectivity index is 1.31. The first kappa shape index (κ1) is 17.9. The van der Waals surface area contributed by atoms with Gasteiger partial charge >= 0.3 is 0 Å². The number of pyridine rings is 1. The van der Waals surface area contributed by atoms with E-state index in [0.717, 1.165) is 29.6 Å². The minimum absolute atomic E-state index is 0.143. The minimum Gasteiger partial charge on any atom is -0.324 e. The molecule has 5 nitrogen and oxygen atoms in total. The van der Waals surface area contributed by atoms with Gasteiger partial charge in [0.25, 0.3) is 0 Å². The highest BCUT2D eigenvalue weighted by Gasteiger charge is 2.57. The quantitative estimate of drug-likeness (QED) is 0.815. The third-order valence-corrected chi connectivity index (χ3v) is 10.5. The van der Waals surface area contributed by atoms with Crippen LogP contribution >= 0.6 is 23.5 Å². The number of rotatable bonds is 3. The van der Waals surface area contributed by atoms with Crippen molar-refractivity contribution in [2.45, 2.75) is 49.7 Å². The average Bonchev–Trinajstić information content (AvgIpc) is 3.33. The Bertz CT molecular complexity index is 858. The van der Waals surface area contributed by atoms with Gasteiger partial charge in [-0.1, -0.05) is 0 Å². The minimum atomic E-state index is 0.143. The van der Waals surface area contributed by atoms with Crippen LogP contribution in [0.5, 0.6) is 0 Å². The predicted molar refractivity (Wildman–Crippen MR) is 113 cm³/mol.